The highest BCUT2D eigenvalue weighted by molar-refractivity contribution is 7.09. The molecule has 6 nitrogen and oxygen atoms in total. The predicted molar refractivity (Wildman–Crippen MR) is 75.5 cm³/mol. The average Bonchev–Trinajstić information content (AvgIpc) is 3.07. The fraction of sp³-hybridized carbons (Fsp3) is 0.615. The molecule has 7 heteroatoms. The fourth-order valence-corrected chi connectivity index (χ4v) is 3.23. The Balaban J connectivity index is 1.76. The number of hydrogen-bond donors (Lipinski definition) is 3. The number of hydrogen-bond acceptors (Lipinski definition) is 4. The largest absolute Gasteiger partial charge is 0.481 e. The van der Waals surface area contributed by atoms with E-state index in [0.717, 1.165) is 17.8 Å². The van der Waals surface area contributed by atoms with Crippen molar-refractivity contribution < 1.29 is 14.7 Å². The second-order valence-electron chi connectivity index (χ2n) is 5.08. The van der Waals surface area contributed by atoms with Crippen LogP contribution >= 0.6 is 11.3 Å². The van der Waals surface area contributed by atoms with Crippen molar-refractivity contribution >= 4 is 23.3 Å². The summed E-state index contributed by atoms with van der Waals surface area (Å²) in [4.78, 5) is 27.0. The molecule has 2 rings (SSSR count). The van der Waals surface area contributed by atoms with Crippen molar-refractivity contribution in [3.63, 3.8) is 0 Å². The molecule has 1 aliphatic rings. The lowest BCUT2D eigenvalue weighted by Gasteiger charge is -2.18. The summed E-state index contributed by atoms with van der Waals surface area (Å²) >= 11 is 1.49. The van der Waals surface area contributed by atoms with Crippen molar-refractivity contribution in [1.82, 2.24) is 15.6 Å². The highest BCUT2D eigenvalue weighted by Gasteiger charge is 2.32. The maximum absolute atomic E-state index is 11.8. The second kappa shape index (κ2) is 6.69. The third-order valence-corrected chi connectivity index (χ3v) is 4.63. The monoisotopic (exact) mass is 297 g/mol. The summed E-state index contributed by atoms with van der Waals surface area (Å²) in [5, 5.41) is 17.4. The molecule has 3 atom stereocenters. The van der Waals surface area contributed by atoms with Gasteiger partial charge in [-0.2, -0.15) is 0 Å². The first-order valence-electron chi connectivity index (χ1n) is 6.74. The Bertz CT molecular complexity index is 463. The molecule has 2 amide bonds. The number of nitrogens with one attached hydrogen (secondary N) is 2. The SMILES string of the molecule is CC(NC(=O)NCC1CCCC1C(=O)O)c1nccs1. The van der Waals surface area contributed by atoms with Crippen molar-refractivity contribution in [3.05, 3.63) is 16.6 Å². The van der Waals surface area contributed by atoms with Gasteiger partial charge in [0.2, 0.25) is 0 Å². The molecule has 1 aliphatic carbocycles. The summed E-state index contributed by atoms with van der Waals surface area (Å²) in [6.07, 6.45) is 4.19. The van der Waals surface area contributed by atoms with Crippen molar-refractivity contribution in [3.8, 4) is 0 Å². The van der Waals surface area contributed by atoms with Crippen molar-refractivity contribution in [2.75, 3.05) is 6.54 Å². The lowest BCUT2D eigenvalue weighted by atomic mass is 9.96. The molecule has 20 heavy (non-hydrogen) atoms. The Morgan fingerprint density at radius 1 is 1.55 bits per heavy atom. The number of amides is 2. The molecule has 1 saturated carbocycles. The van der Waals surface area contributed by atoms with Gasteiger partial charge in [-0.3, -0.25) is 4.79 Å². The first-order chi connectivity index (χ1) is 9.58. The minimum absolute atomic E-state index is 0.0356. The Labute approximate surface area is 121 Å². The maximum atomic E-state index is 11.8. The molecule has 3 unspecified atom stereocenters. The highest BCUT2D eigenvalue weighted by atomic mass is 32.1. The van der Waals surface area contributed by atoms with Gasteiger partial charge in [0.05, 0.1) is 12.0 Å². The first kappa shape index (κ1) is 14.8. The van der Waals surface area contributed by atoms with Gasteiger partial charge >= 0.3 is 12.0 Å². The first-order valence-corrected chi connectivity index (χ1v) is 7.62. The highest BCUT2D eigenvalue weighted by Crippen LogP contribution is 2.31. The molecule has 110 valence electrons. The number of nitrogens with zero attached hydrogens (tertiary/aromatic N) is 1. The topological polar surface area (TPSA) is 91.3 Å². The van der Waals surface area contributed by atoms with Gasteiger partial charge in [0.25, 0.3) is 0 Å². The molecule has 1 heterocycles. The summed E-state index contributed by atoms with van der Waals surface area (Å²) in [6.45, 7) is 2.28. The zero-order valence-electron chi connectivity index (χ0n) is 11.3. The van der Waals surface area contributed by atoms with E-state index in [2.05, 4.69) is 15.6 Å². The Hall–Kier alpha value is -1.63. The number of carbonyl (C=O) groups excluding carboxylic acids is 1. The third kappa shape index (κ3) is 3.69. The Morgan fingerprint density at radius 3 is 3.00 bits per heavy atom. The van der Waals surface area contributed by atoms with E-state index in [-0.39, 0.29) is 23.9 Å². The summed E-state index contributed by atoms with van der Waals surface area (Å²) in [5.41, 5.74) is 0. The molecule has 0 saturated heterocycles. The molecule has 1 fully saturated rings. The van der Waals surface area contributed by atoms with E-state index >= 15 is 0 Å². The van der Waals surface area contributed by atoms with Gasteiger partial charge in [-0.25, -0.2) is 9.78 Å². The standard InChI is InChI=1S/C13H19N3O3S/c1-8(11-14-5-6-20-11)16-13(19)15-7-9-3-2-4-10(9)12(17)18/h5-6,8-10H,2-4,7H2,1H3,(H,17,18)(H2,15,16,19). The second-order valence-corrected chi connectivity index (χ2v) is 6.01. The van der Waals surface area contributed by atoms with Crippen molar-refractivity contribution in [1.29, 1.82) is 0 Å². The third-order valence-electron chi connectivity index (χ3n) is 3.67. The zero-order chi connectivity index (χ0) is 14.5. The average molecular weight is 297 g/mol. The molecule has 3 N–H and O–H groups in total. The molecule has 1 aromatic rings. The minimum Gasteiger partial charge on any atom is -0.481 e. The van der Waals surface area contributed by atoms with Crippen LogP contribution in [0.1, 0.15) is 37.2 Å². The van der Waals surface area contributed by atoms with Crippen LogP contribution in [0.25, 0.3) is 0 Å². The quantitative estimate of drug-likeness (QED) is 0.775. The van der Waals surface area contributed by atoms with Crippen molar-refractivity contribution in [2.45, 2.75) is 32.2 Å². The van der Waals surface area contributed by atoms with Crippen LogP contribution in [-0.2, 0) is 4.79 Å². The lowest BCUT2D eigenvalue weighted by molar-refractivity contribution is -0.142. The molecular formula is C13H19N3O3S. The van der Waals surface area contributed by atoms with Crippen molar-refractivity contribution in [2.24, 2.45) is 11.8 Å². The number of aromatic nitrogens is 1. The van der Waals surface area contributed by atoms with Gasteiger partial charge in [-0.15, -0.1) is 11.3 Å². The minimum atomic E-state index is -0.758. The molecule has 0 aromatic carbocycles. The number of thiazole rings is 1. The number of aliphatic carboxylic acids is 1. The van der Waals surface area contributed by atoms with E-state index in [1.165, 1.54) is 11.3 Å². The van der Waals surface area contributed by atoms with E-state index < -0.39 is 5.97 Å². The van der Waals surface area contributed by atoms with Crippen LogP contribution < -0.4 is 10.6 Å². The van der Waals surface area contributed by atoms with Gasteiger partial charge in [-0.1, -0.05) is 6.42 Å². The summed E-state index contributed by atoms with van der Waals surface area (Å²) in [6, 6.07) is -0.419. The number of urea groups is 1. The summed E-state index contributed by atoms with van der Waals surface area (Å²) in [5.74, 6) is -1.05. The van der Waals surface area contributed by atoms with E-state index in [0.29, 0.717) is 13.0 Å². The van der Waals surface area contributed by atoms with Gasteiger partial charge in [0.1, 0.15) is 5.01 Å². The van der Waals surface area contributed by atoms with Crippen LogP contribution in [0.5, 0.6) is 0 Å². The fourth-order valence-electron chi connectivity index (χ4n) is 2.59. The van der Waals surface area contributed by atoms with E-state index in [9.17, 15) is 9.59 Å². The lowest BCUT2D eigenvalue weighted by Crippen LogP contribution is -2.40. The molecule has 1 aromatic heterocycles. The van der Waals surface area contributed by atoms with Crippen LogP contribution in [0.4, 0.5) is 4.79 Å². The van der Waals surface area contributed by atoms with E-state index in [4.69, 9.17) is 5.11 Å². The Morgan fingerprint density at radius 2 is 2.35 bits per heavy atom. The number of rotatable bonds is 5. The molecule has 0 radical (unpaired) electrons. The molecular weight excluding hydrogens is 278 g/mol. The summed E-state index contributed by atoms with van der Waals surface area (Å²) < 4.78 is 0. The van der Waals surface area contributed by atoms with Crippen LogP contribution in [0.2, 0.25) is 0 Å². The number of carboxylic acids is 1. The number of carbonyl (C=O) groups is 2. The van der Waals surface area contributed by atoms with Gasteiger partial charge in [-0.05, 0) is 25.7 Å². The summed E-state index contributed by atoms with van der Waals surface area (Å²) in [7, 11) is 0. The zero-order valence-corrected chi connectivity index (χ0v) is 12.2. The smallest absolute Gasteiger partial charge is 0.315 e. The van der Waals surface area contributed by atoms with Gasteiger partial charge in [0, 0.05) is 18.1 Å². The van der Waals surface area contributed by atoms with Gasteiger partial charge < -0.3 is 15.7 Å². The van der Waals surface area contributed by atoms with Crippen LogP contribution in [-0.4, -0.2) is 28.6 Å². The molecule has 0 aliphatic heterocycles. The molecule has 0 spiro atoms. The van der Waals surface area contributed by atoms with Crippen LogP contribution in [0.15, 0.2) is 11.6 Å². The normalized spacial score (nSPS) is 23.2. The predicted octanol–water partition coefficient (Wildman–Crippen LogP) is 2.00. The van der Waals surface area contributed by atoms with Gasteiger partial charge in [0.15, 0.2) is 0 Å². The maximum Gasteiger partial charge on any atom is 0.315 e. The van der Waals surface area contributed by atoms with E-state index in [1.54, 1.807) is 6.20 Å². The van der Waals surface area contributed by atoms with Crippen LogP contribution in [0.3, 0.4) is 0 Å². The van der Waals surface area contributed by atoms with Crippen LogP contribution in [0, 0.1) is 11.8 Å². The molecule has 0 bridgehead atoms. The van der Waals surface area contributed by atoms with E-state index in [1.807, 2.05) is 12.3 Å². The number of carboxylic acid groups (broad SMARTS) is 1. The Kier molecular flexibility index (Phi) is 4.94.